The molecule has 0 spiro atoms. The normalized spacial score (nSPS) is 11.8. The summed E-state index contributed by atoms with van der Waals surface area (Å²) >= 11 is 0. The Labute approximate surface area is 125 Å². The monoisotopic (exact) mass is 262 g/mol. The molecule has 0 unspecified atom stereocenters. The second-order valence-corrected chi connectivity index (χ2v) is 5.39. The molecule has 0 saturated carbocycles. The summed E-state index contributed by atoms with van der Waals surface area (Å²) in [4.78, 5) is 0. The maximum Gasteiger partial charge on any atom is 1.00 e. The van der Waals surface area contributed by atoms with Gasteiger partial charge in [-0.1, -0.05) is 38.1 Å². The first-order valence-electron chi connectivity index (χ1n) is 5.10. The van der Waals surface area contributed by atoms with E-state index in [0.29, 0.717) is 16.9 Å². The van der Waals surface area contributed by atoms with Gasteiger partial charge >= 0.3 is 29.6 Å². The molecule has 5 heteroatoms. The molecular formula is C12H15NaO3S. The molecule has 1 aromatic carbocycles. The quantitative estimate of drug-likeness (QED) is 0.538. The Morgan fingerprint density at radius 2 is 1.76 bits per heavy atom. The van der Waals surface area contributed by atoms with Crippen molar-refractivity contribution in [3.05, 3.63) is 40.8 Å². The third-order valence-electron chi connectivity index (χ3n) is 2.05. The SMILES string of the molecule is CC(C)Cc1ccc(/C=C/S(=O)(=O)[O-])cc1.[Na+]. The van der Waals surface area contributed by atoms with Crippen LogP contribution >= 0.6 is 0 Å². The van der Waals surface area contributed by atoms with Crippen molar-refractivity contribution in [3.63, 3.8) is 0 Å². The molecule has 0 aliphatic rings. The van der Waals surface area contributed by atoms with Gasteiger partial charge in [-0.25, -0.2) is 8.42 Å². The Hall–Kier alpha value is -0.130. The minimum absolute atomic E-state index is 0. The largest absolute Gasteiger partial charge is 1.00 e. The van der Waals surface area contributed by atoms with Crippen LogP contribution in [0.15, 0.2) is 29.7 Å². The van der Waals surface area contributed by atoms with Gasteiger partial charge in [0, 0.05) is 5.41 Å². The van der Waals surface area contributed by atoms with E-state index in [2.05, 4.69) is 13.8 Å². The van der Waals surface area contributed by atoms with Crippen molar-refractivity contribution in [2.75, 3.05) is 0 Å². The summed E-state index contributed by atoms with van der Waals surface area (Å²) in [7, 11) is -4.28. The third kappa shape index (κ3) is 7.73. The Kier molecular flexibility index (Phi) is 7.28. The maximum atomic E-state index is 10.4. The maximum absolute atomic E-state index is 10.4. The minimum atomic E-state index is -4.28. The minimum Gasteiger partial charge on any atom is -0.744 e. The molecule has 0 N–H and O–H groups in total. The van der Waals surface area contributed by atoms with Gasteiger partial charge in [-0.05, 0) is 29.5 Å². The second-order valence-electron chi connectivity index (χ2n) is 4.14. The van der Waals surface area contributed by atoms with Gasteiger partial charge in [0.2, 0.25) is 0 Å². The molecular weight excluding hydrogens is 247 g/mol. The van der Waals surface area contributed by atoms with Crippen LogP contribution in [-0.2, 0) is 16.5 Å². The summed E-state index contributed by atoms with van der Waals surface area (Å²) in [5, 5.41) is 0.671. The molecule has 1 rings (SSSR count). The van der Waals surface area contributed by atoms with E-state index >= 15 is 0 Å². The number of hydrogen-bond donors (Lipinski definition) is 0. The molecule has 88 valence electrons. The summed E-state index contributed by atoms with van der Waals surface area (Å²) in [6.45, 7) is 4.27. The van der Waals surface area contributed by atoms with Gasteiger partial charge in [-0.15, -0.1) is 0 Å². The third-order valence-corrected chi connectivity index (χ3v) is 2.52. The van der Waals surface area contributed by atoms with E-state index in [1.54, 1.807) is 12.1 Å². The van der Waals surface area contributed by atoms with Gasteiger partial charge in [0.25, 0.3) is 0 Å². The van der Waals surface area contributed by atoms with Crippen LogP contribution in [0.5, 0.6) is 0 Å². The smallest absolute Gasteiger partial charge is 0.744 e. The van der Waals surface area contributed by atoms with E-state index in [-0.39, 0.29) is 29.6 Å². The molecule has 0 fully saturated rings. The van der Waals surface area contributed by atoms with Crippen molar-refractivity contribution in [2.24, 2.45) is 5.92 Å². The van der Waals surface area contributed by atoms with E-state index < -0.39 is 10.1 Å². The Bertz CT molecular complexity index is 461. The zero-order chi connectivity index (χ0) is 12.2. The summed E-state index contributed by atoms with van der Waals surface area (Å²) in [5.74, 6) is 0.586. The van der Waals surface area contributed by atoms with E-state index in [4.69, 9.17) is 0 Å². The molecule has 0 aliphatic carbocycles. The summed E-state index contributed by atoms with van der Waals surface area (Å²) in [6, 6.07) is 7.49. The Morgan fingerprint density at radius 3 is 2.18 bits per heavy atom. The first-order valence-corrected chi connectivity index (χ1v) is 6.57. The molecule has 0 aromatic heterocycles. The molecule has 0 saturated heterocycles. The standard InChI is InChI=1S/C12H16O3S.Na/c1-10(2)9-12-5-3-11(4-6-12)7-8-16(13,14)15;/h3-8,10H,9H2,1-2H3,(H,13,14,15);/q;+1/p-1/b8-7+;. The van der Waals surface area contributed by atoms with Gasteiger partial charge in [-0.3, -0.25) is 0 Å². The van der Waals surface area contributed by atoms with Crippen molar-refractivity contribution in [3.8, 4) is 0 Å². The Morgan fingerprint density at radius 1 is 1.24 bits per heavy atom. The van der Waals surface area contributed by atoms with Crippen molar-refractivity contribution in [1.82, 2.24) is 0 Å². The average Bonchev–Trinajstić information content (AvgIpc) is 2.14. The average molecular weight is 262 g/mol. The topological polar surface area (TPSA) is 57.2 Å². The summed E-state index contributed by atoms with van der Waals surface area (Å²) in [5.41, 5.74) is 1.92. The fraction of sp³-hybridized carbons (Fsp3) is 0.333. The van der Waals surface area contributed by atoms with Gasteiger partial charge in [-0.2, -0.15) is 0 Å². The summed E-state index contributed by atoms with van der Waals surface area (Å²) < 4.78 is 31.1. The number of rotatable bonds is 4. The van der Waals surface area contributed by atoms with Crippen LogP contribution in [0.3, 0.4) is 0 Å². The van der Waals surface area contributed by atoms with Crippen LogP contribution in [0.4, 0.5) is 0 Å². The zero-order valence-corrected chi connectivity index (χ0v) is 13.2. The van der Waals surface area contributed by atoms with Gasteiger partial charge in [0.05, 0.1) is 0 Å². The summed E-state index contributed by atoms with van der Waals surface area (Å²) in [6.07, 6.45) is 2.30. The van der Waals surface area contributed by atoms with Crippen molar-refractivity contribution in [1.29, 1.82) is 0 Å². The molecule has 1 aromatic rings. The Balaban J connectivity index is 0.00000256. The van der Waals surface area contributed by atoms with E-state index in [1.165, 1.54) is 11.6 Å². The molecule has 0 amide bonds. The molecule has 0 heterocycles. The molecule has 3 nitrogen and oxygen atoms in total. The predicted molar refractivity (Wildman–Crippen MR) is 63.7 cm³/mol. The van der Waals surface area contributed by atoms with Crippen molar-refractivity contribution < 1.29 is 42.5 Å². The number of benzene rings is 1. The fourth-order valence-corrected chi connectivity index (χ4v) is 1.72. The van der Waals surface area contributed by atoms with Crippen LogP contribution in [0.1, 0.15) is 25.0 Å². The van der Waals surface area contributed by atoms with E-state index in [9.17, 15) is 13.0 Å². The van der Waals surface area contributed by atoms with Crippen molar-refractivity contribution in [2.45, 2.75) is 20.3 Å². The van der Waals surface area contributed by atoms with Crippen LogP contribution < -0.4 is 29.6 Å². The molecule has 0 bridgehead atoms. The molecule has 0 aliphatic heterocycles. The van der Waals surface area contributed by atoms with Crippen LogP contribution in [0.2, 0.25) is 0 Å². The van der Waals surface area contributed by atoms with Gasteiger partial charge in [0.15, 0.2) is 0 Å². The molecule has 17 heavy (non-hydrogen) atoms. The first-order chi connectivity index (χ1) is 7.37. The zero-order valence-electron chi connectivity index (χ0n) is 10.4. The first kappa shape index (κ1) is 16.9. The van der Waals surface area contributed by atoms with Crippen LogP contribution in [0, 0.1) is 5.92 Å². The van der Waals surface area contributed by atoms with E-state index in [1.807, 2.05) is 12.1 Å². The van der Waals surface area contributed by atoms with Crippen molar-refractivity contribution >= 4 is 16.2 Å². The van der Waals surface area contributed by atoms with Crippen LogP contribution in [-0.4, -0.2) is 13.0 Å². The fourth-order valence-electron chi connectivity index (χ4n) is 1.40. The predicted octanol–water partition coefficient (Wildman–Crippen LogP) is -0.595. The van der Waals surface area contributed by atoms with E-state index in [0.717, 1.165) is 6.42 Å². The second kappa shape index (κ2) is 7.34. The van der Waals surface area contributed by atoms with Crippen LogP contribution in [0.25, 0.3) is 6.08 Å². The van der Waals surface area contributed by atoms with Gasteiger partial charge in [0.1, 0.15) is 10.1 Å². The molecule has 0 atom stereocenters. The molecule has 0 radical (unpaired) electrons. The number of hydrogen-bond acceptors (Lipinski definition) is 3. The van der Waals surface area contributed by atoms with Gasteiger partial charge < -0.3 is 4.55 Å².